The molecular weight excluding hydrogens is 328 g/mol. The van der Waals surface area contributed by atoms with Crippen molar-refractivity contribution in [2.75, 3.05) is 33.4 Å². The van der Waals surface area contributed by atoms with E-state index >= 15 is 0 Å². The van der Waals surface area contributed by atoms with Crippen LogP contribution in [-0.2, 0) is 9.53 Å². The first-order valence-corrected chi connectivity index (χ1v) is 9.26. The summed E-state index contributed by atoms with van der Waals surface area (Å²) in [5, 5.41) is 5.29. The summed E-state index contributed by atoms with van der Waals surface area (Å²) >= 11 is 0. The Kier molecular flexibility index (Phi) is 6.12. The van der Waals surface area contributed by atoms with Gasteiger partial charge in [-0.25, -0.2) is 0 Å². The number of carbonyl (C=O) groups excluding carboxylic acids is 1. The van der Waals surface area contributed by atoms with Crippen LogP contribution < -0.4 is 10.1 Å². The first-order valence-electron chi connectivity index (χ1n) is 9.26. The SMILES string of the molecule is COc1ccc2cc(C3CN(CCC(=O)NC(C)C)CCO3)ccc2c1. The molecule has 1 saturated heterocycles. The van der Waals surface area contributed by atoms with Gasteiger partial charge in [0.25, 0.3) is 0 Å². The van der Waals surface area contributed by atoms with Gasteiger partial charge in [0, 0.05) is 32.1 Å². The van der Waals surface area contributed by atoms with Gasteiger partial charge in [0.15, 0.2) is 0 Å². The van der Waals surface area contributed by atoms with Crippen molar-refractivity contribution in [3.63, 3.8) is 0 Å². The van der Waals surface area contributed by atoms with E-state index in [1.165, 1.54) is 10.9 Å². The molecule has 1 amide bonds. The number of amides is 1. The van der Waals surface area contributed by atoms with Crippen molar-refractivity contribution in [2.45, 2.75) is 32.4 Å². The van der Waals surface area contributed by atoms with E-state index in [0.29, 0.717) is 13.0 Å². The molecule has 3 rings (SSSR count). The topological polar surface area (TPSA) is 50.8 Å². The van der Waals surface area contributed by atoms with E-state index in [0.717, 1.165) is 30.8 Å². The molecule has 0 bridgehead atoms. The predicted molar refractivity (Wildman–Crippen MR) is 104 cm³/mol. The maximum absolute atomic E-state index is 11.9. The summed E-state index contributed by atoms with van der Waals surface area (Å²) < 4.78 is 11.3. The number of nitrogens with one attached hydrogen (secondary N) is 1. The van der Waals surface area contributed by atoms with Crippen LogP contribution in [0.5, 0.6) is 5.75 Å². The lowest BCUT2D eigenvalue weighted by Gasteiger charge is -2.33. The van der Waals surface area contributed by atoms with Crippen LogP contribution in [0.3, 0.4) is 0 Å². The molecule has 1 heterocycles. The summed E-state index contributed by atoms with van der Waals surface area (Å²) in [6.07, 6.45) is 0.575. The second-order valence-corrected chi connectivity index (χ2v) is 7.10. The molecule has 0 spiro atoms. The summed E-state index contributed by atoms with van der Waals surface area (Å²) in [6, 6.07) is 12.7. The second-order valence-electron chi connectivity index (χ2n) is 7.10. The number of rotatable bonds is 6. The number of hydrogen-bond donors (Lipinski definition) is 1. The van der Waals surface area contributed by atoms with Crippen molar-refractivity contribution in [3.05, 3.63) is 42.0 Å². The summed E-state index contributed by atoms with van der Waals surface area (Å²) in [4.78, 5) is 14.2. The van der Waals surface area contributed by atoms with E-state index in [4.69, 9.17) is 9.47 Å². The Morgan fingerprint density at radius 3 is 2.81 bits per heavy atom. The number of morpholine rings is 1. The molecule has 0 radical (unpaired) electrons. The van der Waals surface area contributed by atoms with E-state index < -0.39 is 0 Å². The van der Waals surface area contributed by atoms with Gasteiger partial charge in [-0.15, -0.1) is 0 Å². The van der Waals surface area contributed by atoms with Gasteiger partial charge in [-0.05, 0) is 48.4 Å². The van der Waals surface area contributed by atoms with Gasteiger partial charge in [0.2, 0.25) is 5.91 Å². The van der Waals surface area contributed by atoms with Crippen molar-refractivity contribution in [2.24, 2.45) is 0 Å². The van der Waals surface area contributed by atoms with E-state index in [1.54, 1.807) is 7.11 Å². The Morgan fingerprint density at radius 1 is 1.27 bits per heavy atom. The molecule has 1 fully saturated rings. The quantitative estimate of drug-likeness (QED) is 0.864. The molecule has 1 aliphatic heterocycles. The number of methoxy groups -OCH3 is 1. The first kappa shape index (κ1) is 18.7. The van der Waals surface area contributed by atoms with Crippen molar-refractivity contribution >= 4 is 16.7 Å². The summed E-state index contributed by atoms with van der Waals surface area (Å²) in [6.45, 7) is 7.11. The summed E-state index contributed by atoms with van der Waals surface area (Å²) in [5.74, 6) is 0.979. The number of nitrogens with zero attached hydrogens (tertiary/aromatic N) is 1. The molecule has 1 unspecified atom stereocenters. The fraction of sp³-hybridized carbons (Fsp3) is 0.476. The highest BCUT2D eigenvalue weighted by molar-refractivity contribution is 5.84. The molecule has 0 aromatic heterocycles. The summed E-state index contributed by atoms with van der Waals surface area (Å²) in [7, 11) is 1.68. The highest BCUT2D eigenvalue weighted by atomic mass is 16.5. The zero-order valence-corrected chi connectivity index (χ0v) is 15.8. The van der Waals surface area contributed by atoms with Gasteiger partial charge < -0.3 is 14.8 Å². The molecule has 1 N–H and O–H groups in total. The standard InChI is InChI=1S/C21H28N2O3/c1-15(2)22-21(24)8-9-23-10-11-26-20(14-23)18-5-4-17-13-19(25-3)7-6-16(17)12-18/h4-7,12-13,15,20H,8-11,14H2,1-3H3,(H,22,24). The minimum Gasteiger partial charge on any atom is -0.497 e. The van der Waals surface area contributed by atoms with Gasteiger partial charge in [0.05, 0.1) is 19.8 Å². The Balaban J connectivity index is 1.63. The van der Waals surface area contributed by atoms with Crippen molar-refractivity contribution in [3.8, 4) is 5.75 Å². The van der Waals surface area contributed by atoms with Gasteiger partial charge >= 0.3 is 0 Å². The van der Waals surface area contributed by atoms with Crippen LogP contribution in [-0.4, -0.2) is 50.2 Å². The lowest BCUT2D eigenvalue weighted by atomic mass is 10.0. The van der Waals surface area contributed by atoms with E-state index in [2.05, 4.69) is 34.5 Å². The molecule has 2 aromatic carbocycles. The predicted octanol–water partition coefficient (Wildman–Crippen LogP) is 3.14. The average molecular weight is 356 g/mol. The molecule has 0 aliphatic carbocycles. The van der Waals surface area contributed by atoms with Crippen LogP contribution in [0.4, 0.5) is 0 Å². The van der Waals surface area contributed by atoms with Crippen LogP contribution >= 0.6 is 0 Å². The molecule has 26 heavy (non-hydrogen) atoms. The van der Waals surface area contributed by atoms with Gasteiger partial charge in [0.1, 0.15) is 5.75 Å². The monoisotopic (exact) mass is 356 g/mol. The second kappa shape index (κ2) is 8.52. The number of benzene rings is 2. The highest BCUT2D eigenvalue weighted by Crippen LogP contribution is 2.27. The molecule has 1 atom stereocenters. The van der Waals surface area contributed by atoms with Crippen molar-refractivity contribution in [1.82, 2.24) is 10.2 Å². The van der Waals surface area contributed by atoms with Crippen LogP contribution in [0.15, 0.2) is 36.4 Å². The fourth-order valence-corrected chi connectivity index (χ4v) is 3.33. The third kappa shape index (κ3) is 4.74. The smallest absolute Gasteiger partial charge is 0.221 e. The van der Waals surface area contributed by atoms with Gasteiger partial charge in [-0.1, -0.05) is 18.2 Å². The van der Waals surface area contributed by atoms with E-state index in [1.807, 2.05) is 26.0 Å². The Labute approximate surface area is 155 Å². The van der Waals surface area contributed by atoms with Crippen LogP contribution in [0.2, 0.25) is 0 Å². The highest BCUT2D eigenvalue weighted by Gasteiger charge is 2.22. The molecule has 140 valence electrons. The maximum atomic E-state index is 11.9. The largest absolute Gasteiger partial charge is 0.497 e. The number of ether oxygens (including phenoxy) is 2. The van der Waals surface area contributed by atoms with E-state index in [-0.39, 0.29) is 18.1 Å². The molecule has 5 nitrogen and oxygen atoms in total. The minimum absolute atomic E-state index is 0.0448. The molecule has 1 aliphatic rings. The Bertz CT molecular complexity index is 760. The molecule has 2 aromatic rings. The minimum atomic E-state index is 0.0448. The fourth-order valence-electron chi connectivity index (χ4n) is 3.33. The number of fused-ring (bicyclic) bond motifs is 1. The van der Waals surface area contributed by atoms with Crippen molar-refractivity contribution < 1.29 is 14.3 Å². The Morgan fingerprint density at radius 2 is 2.04 bits per heavy atom. The average Bonchev–Trinajstić information content (AvgIpc) is 2.65. The Hall–Kier alpha value is -2.11. The lowest BCUT2D eigenvalue weighted by molar-refractivity contribution is -0.122. The van der Waals surface area contributed by atoms with Crippen LogP contribution in [0.1, 0.15) is 31.9 Å². The molecular formula is C21H28N2O3. The third-order valence-corrected chi connectivity index (χ3v) is 4.70. The van der Waals surface area contributed by atoms with Crippen LogP contribution in [0.25, 0.3) is 10.8 Å². The number of hydrogen-bond acceptors (Lipinski definition) is 4. The lowest BCUT2D eigenvalue weighted by Crippen LogP contribution is -2.41. The summed E-state index contributed by atoms with van der Waals surface area (Å²) in [5.41, 5.74) is 1.18. The molecule has 5 heteroatoms. The maximum Gasteiger partial charge on any atom is 0.221 e. The van der Waals surface area contributed by atoms with Gasteiger partial charge in [-0.3, -0.25) is 9.69 Å². The van der Waals surface area contributed by atoms with Crippen LogP contribution in [0, 0.1) is 0 Å². The van der Waals surface area contributed by atoms with E-state index in [9.17, 15) is 4.79 Å². The number of carbonyl (C=O) groups is 1. The zero-order chi connectivity index (χ0) is 18.5. The zero-order valence-electron chi connectivity index (χ0n) is 15.8. The normalized spacial score (nSPS) is 18.2. The third-order valence-electron chi connectivity index (χ3n) is 4.70. The van der Waals surface area contributed by atoms with Crippen molar-refractivity contribution in [1.29, 1.82) is 0 Å². The first-order chi connectivity index (χ1) is 12.5. The molecule has 0 saturated carbocycles. The van der Waals surface area contributed by atoms with Gasteiger partial charge in [-0.2, -0.15) is 0 Å².